The number of aliphatic hydroxyl groups excluding tert-OH is 1. The van der Waals surface area contributed by atoms with E-state index in [-0.39, 0.29) is 29.8 Å². The Hall–Kier alpha value is -1.37. The van der Waals surface area contributed by atoms with Gasteiger partial charge in [0.25, 0.3) is 5.91 Å². The maximum atomic E-state index is 12.2. The number of halogens is 1. The van der Waals surface area contributed by atoms with E-state index >= 15 is 0 Å². The zero-order valence-electron chi connectivity index (χ0n) is 10.1. The lowest BCUT2D eigenvalue weighted by Gasteiger charge is -2.21. The molecular weight excluding hydrogens is 258 g/mol. The molecule has 0 aromatic carbocycles. The largest absolute Gasteiger partial charge is 0.397 e. The molecule has 1 amide bonds. The number of aliphatic hydroxyl groups is 1. The van der Waals surface area contributed by atoms with E-state index in [0.717, 1.165) is 0 Å². The number of carbonyl (C=O) groups is 1. The van der Waals surface area contributed by atoms with Crippen LogP contribution in [0, 0.1) is 0 Å². The van der Waals surface area contributed by atoms with Crippen molar-refractivity contribution in [2.24, 2.45) is 0 Å². The average Bonchev–Trinajstić information content (AvgIpc) is 2.36. The summed E-state index contributed by atoms with van der Waals surface area (Å²) >= 11 is 5.86. The summed E-state index contributed by atoms with van der Waals surface area (Å²) in [5.41, 5.74) is 6.16. The Bertz CT molecular complexity index is 415. The third kappa shape index (κ3) is 3.83. The van der Waals surface area contributed by atoms with E-state index in [1.807, 2.05) is 0 Å². The molecule has 0 aliphatic carbocycles. The summed E-state index contributed by atoms with van der Waals surface area (Å²) in [6.07, 6.45) is 1.38. The van der Waals surface area contributed by atoms with Crippen molar-refractivity contribution >= 4 is 23.2 Å². The van der Waals surface area contributed by atoms with Crippen LogP contribution in [0.15, 0.2) is 12.3 Å². The molecule has 6 nitrogen and oxygen atoms in total. The zero-order chi connectivity index (χ0) is 13.5. The number of rotatable bonds is 6. The summed E-state index contributed by atoms with van der Waals surface area (Å²) in [7, 11) is 1.54. The topological polar surface area (TPSA) is 88.7 Å². The Morgan fingerprint density at radius 2 is 2.33 bits per heavy atom. The third-order valence-corrected chi connectivity index (χ3v) is 2.61. The molecule has 3 N–H and O–H groups in total. The van der Waals surface area contributed by atoms with E-state index in [1.165, 1.54) is 24.3 Å². The molecule has 1 heterocycles. The second kappa shape index (κ2) is 7.15. The third-order valence-electron chi connectivity index (χ3n) is 2.31. The van der Waals surface area contributed by atoms with Gasteiger partial charge < -0.3 is 20.5 Å². The Morgan fingerprint density at radius 3 is 2.94 bits per heavy atom. The minimum absolute atomic E-state index is 0.0922. The predicted octanol–water partition coefficient (Wildman–Crippen LogP) is 0.398. The Morgan fingerprint density at radius 1 is 1.61 bits per heavy atom. The molecule has 100 valence electrons. The van der Waals surface area contributed by atoms with Gasteiger partial charge in [-0.05, 0) is 6.07 Å². The standard InChI is InChI=1S/C11H16ClN3O3/c1-18-5-3-15(2-4-16)11(17)9-6-8(13)7-14-10(9)12/h6-7,16H,2-5,13H2,1H3. The highest BCUT2D eigenvalue weighted by molar-refractivity contribution is 6.32. The lowest BCUT2D eigenvalue weighted by Crippen LogP contribution is -2.36. The minimum atomic E-state index is -0.328. The summed E-state index contributed by atoms with van der Waals surface area (Å²) in [5.74, 6) is -0.328. The molecule has 0 saturated heterocycles. The molecule has 0 atom stereocenters. The van der Waals surface area contributed by atoms with Crippen LogP contribution >= 0.6 is 11.6 Å². The van der Waals surface area contributed by atoms with Crippen molar-refractivity contribution in [2.45, 2.75) is 0 Å². The van der Waals surface area contributed by atoms with Crippen LogP contribution in [0.1, 0.15) is 10.4 Å². The van der Waals surface area contributed by atoms with Gasteiger partial charge in [0, 0.05) is 20.2 Å². The minimum Gasteiger partial charge on any atom is -0.397 e. The summed E-state index contributed by atoms with van der Waals surface area (Å²) in [4.78, 5) is 17.5. The quantitative estimate of drug-likeness (QED) is 0.733. The molecule has 0 saturated carbocycles. The zero-order valence-corrected chi connectivity index (χ0v) is 10.9. The van der Waals surface area contributed by atoms with Crippen molar-refractivity contribution < 1.29 is 14.6 Å². The molecule has 1 rings (SSSR count). The molecule has 0 aliphatic heterocycles. The van der Waals surface area contributed by atoms with E-state index in [2.05, 4.69) is 4.98 Å². The van der Waals surface area contributed by atoms with Gasteiger partial charge in [-0.2, -0.15) is 0 Å². The van der Waals surface area contributed by atoms with Crippen LogP contribution < -0.4 is 5.73 Å². The van der Waals surface area contributed by atoms with Gasteiger partial charge in [0.05, 0.1) is 30.7 Å². The number of carbonyl (C=O) groups excluding carboxylic acids is 1. The van der Waals surface area contributed by atoms with Crippen LogP contribution in [0.4, 0.5) is 5.69 Å². The molecule has 0 radical (unpaired) electrons. The number of hydrogen-bond donors (Lipinski definition) is 2. The van der Waals surface area contributed by atoms with Gasteiger partial charge in [-0.1, -0.05) is 11.6 Å². The number of anilines is 1. The first kappa shape index (κ1) is 14.7. The monoisotopic (exact) mass is 273 g/mol. The lowest BCUT2D eigenvalue weighted by atomic mass is 10.2. The first-order chi connectivity index (χ1) is 8.60. The van der Waals surface area contributed by atoms with Crippen LogP contribution in [0.2, 0.25) is 5.15 Å². The second-order valence-electron chi connectivity index (χ2n) is 3.62. The molecule has 0 bridgehead atoms. The maximum absolute atomic E-state index is 12.2. The molecule has 1 aromatic heterocycles. The number of methoxy groups -OCH3 is 1. The Labute approximate surface area is 110 Å². The van der Waals surface area contributed by atoms with Crippen LogP contribution in [-0.4, -0.2) is 54.3 Å². The van der Waals surface area contributed by atoms with Crippen LogP contribution in [0.25, 0.3) is 0 Å². The van der Waals surface area contributed by atoms with Crippen molar-refractivity contribution in [3.05, 3.63) is 23.0 Å². The number of pyridine rings is 1. The van der Waals surface area contributed by atoms with E-state index in [9.17, 15) is 4.79 Å². The molecule has 0 fully saturated rings. The number of nitrogen functional groups attached to an aromatic ring is 1. The molecule has 0 spiro atoms. The molecule has 0 aliphatic rings. The van der Waals surface area contributed by atoms with Crippen molar-refractivity contribution in [3.8, 4) is 0 Å². The number of hydrogen-bond acceptors (Lipinski definition) is 5. The fourth-order valence-electron chi connectivity index (χ4n) is 1.42. The van der Waals surface area contributed by atoms with E-state index in [1.54, 1.807) is 0 Å². The fourth-order valence-corrected chi connectivity index (χ4v) is 1.61. The van der Waals surface area contributed by atoms with Crippen molar-refractivity contribution in [2.75, 3.05) is 39.1 Å². The first-order valence-electron chi connectivity index (χ1n) is 5.40. The number of nitrogens with two attached hydrogens (primary N) is 1. The van der Waals surface area contributed by atoms with Gasteiger partial charge in [-0.25, -0.2) is 4.98 Å². The summed E-state index contributed by atoms with van der Waals surface area (Å²) in [6.45, 7) is 0.802. The molecular formula is C11H16ClN3O3. The van der Waals surface area contributed by atoms with Crippen LogP contribution in [0.5, 0.6) is 0 Å². The second-order valence-corrected chi connectivity index (χ2v) is 3.97. The SMILES string of the molecule is COCCN(CCO)C(=O)c1cc(N)cnc1Cl. The molecule has 18 heavy (non-hydrogen) atoms. The maximum Gasteiger partial charge on any atom is 0.257 e. The smallest absolute Gasteiger partial charge is 0.257 e. The molecule has 0 unspecified atom stereocenters. The van der Waals surface area contributed by atoms with Gasteiger partial charge in [-0.15, -0.1) is 0 Å². The van der Waals surface area contributed by atoms with Gasteiger partial charge in [0.1, 0.15) is 5.15 Å². The number of aromatic nitrogens is 1. The highest BCUT2D eigenvalue weighted by Crippen LogP contribution is 2.17. The summed E-state index contributed by atoms with van der Waals surface area (Å²) in [6, 6.07) is 1.47. The molecule has 7 heteroatoms. The molecule has 1 aromatic rings. The van der Waals surface area contributed by atoms with Crippen LogP contribution in [-0.2, 0) is 4.74 Å². The normalized spacial score (nSPS) is 10.4. The number of nitrogens with zero attached hydrogens (tertiary/aromatic N) is 2. The Kier molecular flexibility index (Phi) is 5.84. The first-order valence-corrected chi connectivity index (χ1v) is 5.78. The van der Waals surface area contributed by atoms with Crippen molar-refractivity contribution in [3.63, 3.8) is 0 Å². The fraction of sp³-hybridized carbons (Fsp3) is 0.455. The van der Waals surface area contributed by atoms with Gasteiger partial charge >= 0.3 is 0 Å². The summed E-state index contributed by atoms with van der Waals surface area (Å²) in [5, 5.41) is 9.04. The van der Waals surface area contributed by atoms with Gasteiger partial charge in [0.2, 0.25) is 0 Å². The average molecular weight is 274 g/mol. The van der Waals surface area contributed by atoms with E-state index in [4.69, 9.17) is 27.2 Å². The Balaban J connectivity index is 2.90. The highest BCUT2D eigenvalue weighted by Gasteiger charge is 2.18. The van der Waals surface area contributed by atoms with Crippen molar-refractivity contribution in [1.82, 2.24) is 9.88 Å². The van der Waals surface area contributed by atoms with Gasteiger partial charge in [-0.3, -0.25) is 4.79 Å². The van der Waals surface area contributed by atoms with Gasteiger partial charge in [0.15, 0.2) is 0 Å². The lowest BCUT2D eigenvalue weighted by molar-refractivity contribution is 0.0656. The van der Waals surface area contributed by atoms with Crippen LogP contribution in [0.3, 0.4) is 0 Å². The summed E-state index contributed by atoms with van der Waals surface area (Å²) < 4.78 is 4.91. The number of ether oxygens (including phenoxy) is 1. The number of amides is 1. The van der Waals surface area contributed by atoms with Crippen molar-refractivity contribution in [1.29, 1.82) is 0 Å². The van der Waals surface area contributed by atoms with E-state index in [0.29, 0.717) is 18.8 Å². The van der Waals surface area contributed by atoms with E-state index < -0.39 is 0 Å². The predicted molar refractivity (Wildman–Crippen MR) is 68.5 cm³/mol. The highest BCUT2D eigenvalue weighted by atomic mass is 35.5.